The van der Waals surface area contributed by atoms with Crippen LogP contribution in [0.5, 0.6) is 0 Å². The molecule has 0 aliphatic rings. The Morgan fingerprint density at radius 3 is 2.69 bits per heavy atom. The van der Waals surface area contributed by atoms with Crippen molar-refractivity contribution in [1.82, 2.24) is 25.5 Å². The third-order valence-electron chi connectivity index (χ3n) is 2.83. The molecule has 0 aromatic carbocycles. The summed E-state index contributed by atoms with van der Waals surface area (Å²) >= 11 is 0. The molecule has 0 fully saturated rings. The fourth-order valence-electron chi connectivity index (χ4n) is 1.53. The zero-order chi connectivity index (χ0) is 12.0. The Bertz CT molecular complexity index is 296. The van der Waals surface area contributed by atoms with Gasteiger partial charge in [0.1, 0.15) is 0 Å². The van der Waals surface area contributed by atoms with Crippen LogP contribution in [0.3, 0.4) is 0 Å². The van der Waals surface area contributed by atoms with E-state index in [1.54, 1.807) is 0 Å². The molecule has 0 spiro atoms. The smallest absolute Gasteiger partial charge is 0.167 e. The van der Waals surface area contributed by atoms with E-state index in [1.165, 1.54) is 0 Å². The van der Waals surface area contributed by atoms with Crippen molar-refractivity contribution in [2.24, 2.45) is 5.92 Å². The normalized spacial score (nSPS) is 15.0. The van der Waals surface area contributed by atoms with Crippen LogP contribution in [0, 0.1) is 5.92 Å². The second-order valence-corrected chi connectivity index (χ2v) is 4.41. The maximum absolute atomic E-state index is 4.10. The van der Waals surface area contributed by atoms with Crippen molar-refractivity contribution in [1.29, 1.82) is 0 Å². The van der Waals surface area contributed by atoms with E-state index >= 15 is 0 Å². The molecule has 0 bridgehead atoms. The number of hydrogen-bond donors (Lipinski definition) is 1. The monoisotopic (exact) mass is 225 g/mol. The lowest BCUT2D eigenvalue weighted by Crippen LogP contribution is -2.24. The summed E-state index contributed by atoms with van der Waals surface area (Å²) in [6, 6.07) is 0.221. The van der Waals surface area contributed by atoms with Crippen LogP contribution in [0.1, 0.15) is 52.4 Å². The molecule has 1 heterocycles. The highest BCUT2D eigenvalue weighted by Gasteiger charge is 2.14. The highest BCUT2D eigenvalue weighted by atomic mass is 15.5. The molecular weight excluding hydrogens is 202 g/mol. The fraction of sp³-hybridized carbons (Fsp3) is 0.909. The van der Waals surface area contributed by atoms with Crippen molar-refractivity contribution < 1.29 is 0 Å². The van der Waals surface area contributed by atoms with Gasteiger partial charge in [-0.05, 0) is 36.2 Å². The maximum Gasteiger partial charge on any atom is 0.167 e. The molecule has 1 aromatic heterocycles. The van der Waals surface area contributed by atoms with Gasteiger partial charge in [-0.3, -0.25) is 0 Å². The molecule has 0 aliphatic heterocycles. The van der Waals surface area contributed by atoms with Crippen LogP contribution < -0.4 is 5.32 Å². The van der Waals surface area contributed by atoms with Gasteiger partial charge in [0, 0.05) is 6.54 Å². The van der Waals surface area contributed by atoms with Crippen LogP contribution in [0.4, 0.5) is 0 Å². The van der Waals surface area contributed by atoms with E-state index in [-0.39, 0.29) is 6.04 Å². The van der Waals surface area contributed by atoms with Gasteiger partial charge >= 0.3 is 0 Å². The number of aromatic nitrogens is 4. The zero-order valence-electron chi connectivity index (χ0n) is 10.8. The molecule has 16 heavy (non-hydrogen) atoms. The zero-order valence-corrected chi connectivity index (χ0v) is 10.8. The number of hydrogen-bond acceptors (Lipinski definition) is 4. The Kier molecular flexibility index (Phi) is 5.38. The highest BCUT2D eigenvalue weighted by molar-refractivity contribution is 4.89. The first-order valence-corrected chi connectivity index (χ1v) is 6.18. The summed E-state index contributed by atoms with van der Waals surface area (Å²) < 4.78 is 1.92. The van der Waals surface area contributed by atoms with E-state index in [0.717, 1.165) is 31.8 Å². The average Bonchev–Trinajstić information content (AvgIpc) is 2.73. The molecule has 1 rings (SSSR count). The summed E-state index contributed by atoms with van der Waals surface area (Å²) in [6.07, 6.45) is 2.27. The van der Waals surface area contributed by atoms with Crippen LogP contribution in [0.15, 0.2) is 0 Å². The molecule has 0 radical (unpaired) electrons. The van der Waals surface area contributed by atoms with Crippen molar-refractivity contribution in [3.05, 3.63) is 5.82 Å². The Hall–Kier alpha value is -0.970. The van der Waals surface area contributed by atoms with E-state index < -0.39 is 0 Å². The van der Waals surface area contributed by atoms with Gasteiger partial charge in [0.05, 0.1) is 6.04 Å². The molecule has 2 unspecified atom stereocenters. The van der Waals surface area contributed by atoms with Gasteiger partial charge in [0.15, 0.2) is 5.82 Å². The Labute approximate surface area is 97.6 Å². The summed E-state index contributed by atoms with van der Waals surface area (Å²) in [6.45, 7) is 10.6. The van der Waals surface area contributed by atoms with Crippen molar-refractivity contribution >= 4 is 0 Å². The fourth-order valence-corrected chi connectivity index (χ4v) is 1.53. The number of tetrazole rings is 1. The minimum Gasteiger partial charge on any atom is -0.307 e. The first-order valence-electron chi connectivity index (χ1n) is 6.18. The van der Waals surface area contributed by atoms with E-state index in [9.17, 15) is 0 Å². The molecule has 5 nitrogen and oxygen atoms in total. The minimum absolute atomic E-state index is 0.221. The standard InChI is InChI=1S/C11H23N5/c1-5-7-12-10(4)11-13-14-15-16(11)8-9(3)6-2/h9-10,12H,5-8H2,1-4H3. The van der Waals surface area contributed by atoms with E-state index in [4.69, 9.17) is 0 Å². The molecule has 1 aromatic rings. The largest absolute Gasteiger partial charge is 0.307 e. The minimum atomic E-state index is 0.221. The second-order valence-electron chi connectivity index (χ2n) is 4.41. The summed E-state index contributed by atoms with van der Waals surface area (Å²) in [5, 5.41) is 15.3. The quantitative estimate of drug-likeness (QED) is 0.768. The lowest BCUT2D eigenvalue weighted by atomic mass is 10.1. The number of rotatable bonds is 7. The Morgan fingerprint density at radius 2 is 2.06 bits per heavy atom. The van der Waals surface area contributed by atoms with Gasteiger partial charge < -0.3 is 5.32 Å². The van der Waals surface area contributed by atoms with Crippen LogP contribution in [-0.4, -0.2) is 26.8 Å². The van der Waals surface area contributed by atoms with Crippen molar-refractivity contribution in [2.75, 3.05) is 6.54 Å². The first-order chi connectivity index (χ1) is 7.69. The van der Waals surface area contributed by atoms with Gasteiger partial charge in [0.2, 0.25) is 0 Å². The topological polar surface area (TPSA) is 55.6 Å². The lowest BCUT2D eigenvalue weighted by Gasteiger charge is -2.14. The average molecular weight is 225 g/mol. The van der Waals surface area contributed by atoms with Gasteiger partial charge in [-0.25, -0.2) is 4.68 Å². The van der Waals surface area contributed by atoms with Crippen LogP contribution in [0.25, 0.3) is 0 Å². The second kappa shape index (κ2) is 6.58. The molecule has 5 heteroatoms. The molecule has 1 N–H and O–H groups in total. The Balaban J connectivity index is 2.62. The summed E-state index contributed by atoms with van der Waals surface area (Å²) in [4.78, 5) is 0. The molecule has 2 atom stereocenters. The van der Waals surface area contributed by atoms with Gasteiger partial charge in [-0.1, -0.05) is 27.2 Å². The number of nitrogens with zero attached hydrogens (tertiary/aromatic N) is 4. The summed E-state index contributed by atoms with van der Waals surface area (Å²) in [7, 11) is 0. The highest BCUT2D eigenvalue weighted by Crippen LogP contribution is 2.11. The predicted octanol–water partition coefficient (Wildman–Crippen LogP) is 1.78. The van der Waals surface area contributed by atoms with E-state index in [1.807, 2.05) is 4.68 Å². The lowest BCUT2D eigenvalue weighted by molar-refractivity contribution is 0.403. The maximum atomic E-state index is 4.10. The van der Waals surface area contributed by atoms with Crippen LogP contribution in [-0.2, 0) is 6.54 Å². The van der Waals surface area contributed by atoms with Crippen molar-refractivity contribution in [3.63, 3.8) is 0 Å². The van der Waals surface area contributed by atoms with Gasteiger partial charge in [0.25, 0.3) is 0 Å². The van der Waals surface area contributed by atoms with Gasteiger partial charge in [-0.15, -0.1) is 5.10 Å². The van der Waals surface area contributed by atoms with Crippen LogP contribution >= 0.6 is 0 Å². The molecular formula is C11H23N5. The first kappa shape index (κ1) is 13.1. The summed E-state index contributed by atoms with van der Waals surface area (Å²) in [5.41, 5.74) is 0. The van der Waals surface area contributed by atoms with Crippen molar-refractivity contribution in [2.45, 2.75) is 53.1 Å². The molecule has 0 aliphatic carbocycles. The van der Waals surface area contributed by atoms with Gasteiger partial charge in [-0.2, -0.15) is 0 Å². The SMILES string of the molecule is CCCNC(C)c1nnnn1CC(C)CC. The third-order valence-corrected chi connectivity index (χ3v) is 2.83. The predicted molar refractivity (Wildman–Crippen MR) is 64.0 cm³/mol. The third kappa shape index (κ3) is 3.56. The summed E-state index contributed by atoms with van der Waals surface area (Å²) in [5.74, 6) is 1.55. The molecule has 0 saturated heterocycles. The Morgan fingerprint density at radius 1 is 1.31 bits per heavy atom. The molecule has 0 amide bonds. The molecule has 0 saturated carbocycles. The van der Waals surface area contributed by atoms with Crippen LogP contribution in [0.2, 0.25) is 0 Å². The molecule has 92 valence electrons. The van der Waals surface area contributed by atoms with E-state index in [0.29, 0.717) is 5.92 Å². The van der Waals surface area contributed by atoms with E-state index in [2.05, 4.69) is 48.5 Å². The number of nitrogens with one attached hydrogen (secondary N) is 1. The van der Waals surface area contributed by atoms with Crippen molar-refractivity contribution in [3.8, 4) is 0 Å².